The summed E-state index contributed by atoms with van der Waals surface area (Å²) < 4.78 is 1.37. The second-order valence-electron chi connectivity index (χ2n) is 4.33. The van der Waals surface area contributed by atoms with Crippen LogP contribution in [0.15, 0.2) is 36.5 Å². The third-order valence-corrected chi connectivity index (χ3v) is 3.07. The maximum absolute atomic E-state index is 12.0. The number of hydrogen-bond donors (Lipinski definition) is 2. The van der Waals surface area contributed by atoms with E-state index in [-0.39, 0.29) is 18.1 Å². The van der Waals surface area contributed by atoms with Crippen molar-refractivity contribution < 1.29 is 14.7 Å². The molecule has 0 bridgehead atoms. The number of rotatable bonds is 4. The number of anilines is 1. The zero-order valence-corrected chi connectivity index (χ0v) is 11.5. The number of aryl methyl sites for hydroxylation is 1. The van der Waals surface area contributed by atoms with Crippen LogP contribution in [0.1, 0.15) is 16.1 Å². The number of nitrogens with zero attached hydrogens (tertiary/aromatic N) is 1. The van der Waals surface area contributed by atoms with Gasteiger partial charge in [0.15, 0.2) is 0 Å². The van der Waals surface area contributed by atoms with Crippen molar-refractivity contribution in [2.75, 3.05) is 5.32 Å². The first-order valence-electron chi connectivity index (χ1n) is 5.92. The Labute approximate surface area is 120 Å². The molecule has 2 N–H and O–H groups in total. The van der Waals surface area contributed by atoms with E-state index < -0.39 is 5.97 Å². The Hall–Kier alpha value is -2.27. The van der Waals surface area contributed by atoms with Crippen LogP contribution in [0.3, 0.4) is 0 Å². The molecule has 0 unspecified atom stereocenters. The van der Waals surface area contributed by atoms with Gasteiger partial charge in [-0.05, 0) is 36.8 Å². The quantitative estimate of drug-likeness (QED) is 0.910. The highest BCUT2D eigenvalue weighted by molar-refractivity contribution is 6.31. The van der Waals surface area contributed by atoms with E-state index in [9.17, 15) is 9.59 Å². The van der Waals surface area contributed by atoms with Crippen LogP contribution in [0.2, 0.25) is 5.02 Å². The predicted octanol–water partition coefficient (Wildman–Crippen LogP) is 2.79. The molecule has 0 saturated carbocycles. The average Bonchev–Trinajstić information content (AvgIpc) is 2.82. The van der Waals surface area contributed by atoms with Gasteiger partial charge in [-0.2, -0.15) is 0 Å². The molecule has 1 aromatic heterocycles. The third-order valence-electron chi connectivity index (χ3n) is 2.84. The van der Waals surface area contributed by atoms with Crippen molar-refractivity contribution in [1.82, 2.24) is 4.57 Å². The Balaban J connectivity index is 2.11. The molecular weight excluding hydrogens is 280 g/mol. The summed E-state index contributed by atoms with van der Waals surface area (Å²) >= 11 is 5.88. The molecule has 20 heavy (non-hydrogen) atoms. The van der Waals surface area contributed by atoms with E-state index in [1.165, 1.54) is 10.6 Å². The van der Waals surface area contributed by atoms with Crippen LogP contribution < -0.4 is 5.32 Å². The first kappa shape index (κ1) is 14.1. The first-order chi connectivity index (χ1) is 9.47. The van der Waals surface area contributed by atoms with Crippen LogP contribution in [0, 0.1) is 6.92 Å². The van der Waals surface area contributed by atoms with Gasteiger partial charge >= 0.3 is 5.97 Å². The van der Waals surface area contributed by atoms with Gasteiger partial charge in [-0.1, -0.05) is 17.7 Å². The molecule has 0 aliphatic carbocycles. The van der Waals surface area contributed by atoms with Crippen molar-refractivity contribution in [3.05, 3.63) is 52.8 Å². The number of carboxylic acids is 1. The molecule has 0 atom stereocenters. The van der Waals surface area contributed by atoms with Gasteiger partial charge in [0, 0.05) is 16.9 Å². The smallest absolute Gasteiger partial charge is 0.352 e. The van der Waals surface area contributed by atoms with E-state index in [4.69, 9.17) is 16.7 Å². The van der Waals surface area contributed by atoms with Gasteiger partial charge < -0.3 is 15.0 Å². The summed E-state index contributed by atoms with van der Waals surface area (Å²) in [5.41, 5.74) is 1.57. The number of amides is 1. The molecule has 104 valence electrons. The molecule has 5 nitrogen and oxygen atoms in total. The highest BCUT2D eigenvalue weighted by Gasteiger charge is 2.12. The van der Waals surface area contributed by atoms with Crippen molar-refractivity contribution in [3.8, 4) is 0 Å². The summed E-state index contributed by atoms with van der Waals surface area (Å²) in [6, 6.07) is 8.22. The predicted molar refractivity (Wildman–Crippen MR) is 76.2 cm³/mol. The number of nitrogens with one attached hydrogen (secondary N) is 1. The summed E-state index contributed by atoms with van der Waals surface area (Å²) in [5.74, 6) is -1.38. The van der Waals surface area contributed by atoms with E-state index in [2.05, 4.69) is 5.32 Å². The van der Waals surface area contributed by atoms with Crippen LogP contribution in [0.5, 0.6) is 0 Å². The molecule has 6 heteroatoms. The Morgan fingerprint density at radius 1 is 1.35 bits per heavy atom. The largest absolute Gasteiger partial charge is 0.477 e. The van der Waals surface area contributed by atoms with Crippen LogP contribution in [0.4, 0.5) is 5.69 Å². The minimum atomic E-state index is -1.07. The molecule has 0 aliphatic heterocycles. The number of benzene rings is 1. The van der Waals surface area contributed by atoms with Gasteiger partial charge in [-0.15, -0.1) is 0 Å². The average molecular weight is 293 g/mol. The third kappa shape index (κ3) is 3.19. The van der Waals surface area contributed by atoms with Gasteiger partial charge in [0.25, 0.3) is 0 Å². The van der Waals surface area contributed by atoms with Crippen molar-refractivity contribution in [1.29, 1.82) is 0 Å². The molecule has 1 amide bonds. The number of aromatic carboxylic acids is 1. The lowest BCUT2D eigenvalue weighted by Gasteiger charge is -2.10. The lowest BCUT2D eigenvalue weighted by atomic mass is 10.2. The number of carbonyl (C=O) groups is 2. The fourth-order valence-corrected chi connectivity index (χ4v) is 1.99. The summed E-state index contributed by atoms with van der Waals surface area (Å²) in [7, 11) is 0. The molecule has 0 saturated heterocycles. The number of halogens is 1. The standard InChI is InChI=1S/C14H13ClN2O3/c1-9-4-5-10(15)7-11(9)16-13(18)8-17-6-2-3-12(17)14(19)20/h2-7H,8H2,1H3,(H,16,18)(H,19,20). The Morgan fingerprint density at radius 3 is 2.80 bits per heavy atom. The molecule has 0 radical (unpaired) electrons. The van der Waals surface area contributed by atoms with E-state index >= 15 is 0 Å². The Bertz CT molecular complexity index is 664. The van der Waals surface area contributed by atoms with E-state index in [1.807, 2.05) is 6.92 Å². The van der Waals surface area contributed by atoms with Crippen molar-refractivity contribution >= 4 is 29.2 Å². The van der Waals surface area contributed by atoms with Crippen molar-refractivity contribution in [2.45, 2.75) is 13.5 Å². The van der Waals surface area contributed by atoms with Crippen LogP contribution in [-0.2, 0) is 11.3 Å². The van der Waals surface area contributed by atoms with E-state index in [0.29, 0.717) is 10.7 Å². The number of carboxylic acid groups (broad SMARTS) is 1. The van der Waals surface area contributed by atoms with Crippen LogP contribution in [-0.4, -0.2) is 21.6 Å². The highest BCUT2D eigenvalue weighted by Crippen LogP contribution is 2.20. The molecular formula is C14H13ClN2O3. The number of aromatic nitrogens is 1. The minimum absolute atomic E-state index is 0.0689. The van der Waals surface area contributed by atoms with Gasteiger partial charge in [-0.25, -0.2) is 4.79 Å². The Morgan fingerprint density at radius 2 is 2.10 bits per heavy atom. The fourth-order valence-electron chi connectivity index (χ4n) is 1.82. The maximum atomic E-state index is 12.0. The fraction of sp³-hybridized carbons (Fsp3) is 0.143. The second-order valence-corrected chi connectivity index (χ2v) is 4.77. The van der Waals surface area contributed by atoms with Crippen LogP contribution in [0.25, 0.3) is 0 Å². The first-order valence-corrected chi connectivity index (χ1v) is 6.29. The molecule has 0 fully saturated rings. The minimum Gasteiger partial charge on any atom is -0.477 e. The maximum Gasteiger partial charge on any atom is 0.352 e. The van der Waals surface area contributed by atoms with Crippen molar-refractivity contribution in [2.24, 2.45) is 0 Å². The van der Waals surface area contributed by atoms with Gasteiger partial charge in [0.05, 0.1) is 0 Å². The molecule has 2 aromatic rings. The lowest BCUT2D eigenvalue weighted by molar-refractivity contribution is -0.116. The van der Waals surface area contributed by atoms with E-state index in [1.54, 1.807) is 30.5 Å². The van der Waals surface area contributed by atoms with Gasteiger partial charge in [-0.3, -0.25) is 4.79 Å². The zero-order chi connectivity index (χ0) is 14.7. The topological polar surface area (TPSA) is 71.3 Å². The second kappa shape index (κ2) is 5.79. The van der Waals surface area contributed by atoms with Crippen molar-refractivity contribution in [3.63, 3.8) is 0 Å². The lowest BCUT2D eigenvalue weighted by Crippen LogP contribution is -2.21. The Kier molecular flexibility index (Phi) is 4.10. The highest BCUT2D eigenvalue weighted by atomic mass is 35.5. The molecule has 1 aromatic carbocycles. The summed E-state index contributed by atoms with van der Waals surface area (Å²) in [4.78, 5) is 22.9. The molecule has 0 aliphatic rings. The zero-order valence-electron chi connectivity index (χ0n) is 10.8. The molecule has 2 rings (SSSR count). The summed E-state index contributed by atoms with van der Waals surface area (Å²) in [6.45, 7) is 1.78. The number of hydrogen-bond acceptors (Lipinski definition) is 2. The van der Waals surface area contributed by atoms with Crippen LogP contribution >= 0.6 is 11.6 Å². The SMILES string of the molecule is Cc1ccc(Cl)cc1NC(=O)Cn1cccc1C(=O)O. The number of carbonyl (C=O) groups excluding carboxylic acids is 1. The summed E-state index contributed by atoms with van der Waals surface area (Å²) in [6.07, 6.45) is 1.55. The molecule has 1 heterocycles. The summed E-state index contributed by atoms with van der Waals surface area (Å²) in [5, 5.41) is 12.2. The monoisotopic (exact) mass is 292 g/mol. The van der Waals surface area contributed by atoms with Gasteiger partial charge in [0.2, 0.25) is 5.91 Å². The molecule has 0 spiro atoms. The van der Waals surface area contributed by atoms with Gasteiger partial charge in [0.1, 0.15) is 12.2 Å². The van der Waals surface area contributed by atoms with E-state index in [0.717, 1.165) is 5.56 Å². The normalized spacial score (nSPS) is 10.3.